The molecule has 0 radical (unpaired) electrons. The summed E-state index contributed by atoms with van der Waals surface area (Å²) < 4.78 is 5.23. The average Bonchev–Trinajstić information content (AvgIpc) is 0.701. The first kappa shape index (κ1) is 90.1. The molecule has 0 bridgehead atoms. The molecule has 2 aliphatic heterocycles. The predicted molar refractivity (Wildman–Crippen MR) is 566 cm³/mol. The van der Waals surface area contributed by atoms with Gasteiger partial charge in [0.2, 0.25) is 0 Å². The van der Waals surface area contributed by atoms with E-state index in [0.717, 1.165) is 47.0 Å². The van der Waals surface area contributed by atoms with Gasteiger partial charge in [-0.05, 0) is 281 Å². The number of fused-ring (bicyclic) bond motifs is 10. The van der Waals surface area contributed by atoms with Crippen LogP contribution in [0.25, 0.3) is 99.5 Å². The van der Waals surface area contributed by atoms with Crippen LogP contribution >= 0.6 is 0 Å². The van der Waals surface area contributed by atoms with Crippen LogP contribution in [0.1, 0.15) is 290 Å². The zero-order chi connectivity index (χ0) is 93.0. The number of rotatable bonds is 10. The van der Waals surface area contributed by atoms with E-state index in [9.17, 15) is 0 Å². The van der Waals surface area contributed by atoms with E-state index in [1.54, 1.807) is 0 Å². The highest BCUT2D eigenvalue weighted by Crippen LogP contribution is 2.57. The molecule has 0 N–H and O–H groups in total. The van der Waals surface area contributed by atoms with Gasteiger partial charge in [-0.15, -0.1) is 0 Å². The number of nitrogens with zero attached hydrogens (tertiary/aromatic N) is 4. The third-order valence-electron chi connectivity index (χ3n) is 27.8. The minimum atomic E-state index is -0.390. The largest absolute Gasteiger partial charge is 0.310 e. The highest BCUT2D eigenvalue weighted by Gasteiger charge is 2.47. The number of aromatic nitrogens is 2. The van der Waals surface area contributed by atoms with Crippen LogP contribution in [0, 0.1) is 10.8 Å². The summed E-state index contributed by atoms with van der Waals surface area (Å²) in [5, 5.41) is 5.07. The summed E-state index contributed by atoms with van der Waals surface area (Å²) >= 11 is 0. The second-order valence-electron chi connectivity index (χ2n) is 50.2. The van der Waals surface area contributed by atoms with E-state index >= 15 is 0 Å². The molecule has 0 atom stereocenters. The number of hydrogen-bond donors (Lipinski definition) is 0. The van der Waals surface area contributed by atoms with Crippen LogP contribution in [-0.4, -0.2) is 15.8 Å². The van der Waals surface area contributed by atoms with E-state index in [4.69, 9.17) is 0 Å². The molecule has 15 aromatic rings. The number of anilines is 6. The molecule has 5 heteroatoms. The molecule has 2 aromatic heterocycles. The van der Waals surface area contributed by atoms with Crippen LogP contribution in [0.2, 0.25) is 0 Å². The summed E-state index contributed by atoms with van der Waals surface area (Å²) in [6.45, 7) is 78.3. The van der Waals surface area contributed by atoms with Gasteiger partial charge in [0.15, 0.2) is 0 Å². The van der Waals surface area contributed by atoms with Gasteiger partial charge in [-0.3, -0.25) is 0 Å². The maximum atomic E-state index is 2.84. The first-order chi connectivity index (χ1) is 59.9. The molecule has 0 aliphatic carbocycles. The van der Waals surface area contributed by atoms with Crippen molar-refractivity contribution in [2.75, 3.05) is 9.80 Å². The average molecular weight is 1700 g/mol. The number of benzene rings is 13. The quantitative estimate of drug-likeness (QED) is 0.127. The zero-order valence-electron chi connectivity index (χ0n) is 84.4. The van der Waals surface area contributed by atoms with Crippen molar-refractivity contribution in [3.8, 4) is 55.9 Å². The zero-order valence-corrected chi connectivity index (χ0v) is 84.4. The van der Waals surface area contributed by atoms with Crippen molar-refractivity contribution in [1.82, 2.24) is 9.13 Å². The number of hydrogen-bond acceptors (Lipinski definition) is 2. The van der Waals surface area contributed by atoms with Gasteiger partial charge in [-0.25, -0.2) is 0 Å². The van der Waals surface area contributed by atoms with Crippen LogP contribution in [0.3, 0.4) is 0 Å². The van der Waals surface area contributed by atoms with E-state index in [-0.39, 0.29) is 60.9 Å². The second kappa shape index (κ2) is 30.9. The minimum Gasteiger partial charge on any atom is -0.310 e. The van der Waals surface area contributed by atoms with Crippen LogP contribution in [0.5, 0.6) is 0 Å². The Morgan fingerprint density at radius 2 is 0.457 bits per heavy atom. The molecule has 0 fully saturated rings. The SMILES string of the molecule is CC(C)(C)Cc1cc(-c2cccc(C(C)(C)C)c2)c(N2c3cc(-n4c5ccc(C(C)(C)C)cc5c5cc(C(C)(C)C)ccc54)ccc3B3c4ccc(-n5c6ccc(C(C)(C)C)cc6c6cc(C(C)(C)C)ccc65)cc4N(c4c(-c5cccc(C(C)(C)C)c5)cc(CC(C)(C)C)cc4-c4cccc(C(C)(C)C)c4)c4cc(C(C)(C)C)cc2c43)c(-c2cccc(C(C)(C)C)c2)c1. The topological polar surface area (TPSA) is 16.3 Å². The molecule has 662 valence electrons. The van der Waals surface area contributed by atoms with Gasteiger partial charge in [-0.1, -0.05) is 362 Å². The Balaban J connectivity index is 1.11. The highest BCUT2D eigenvalue weighted by molar-refractivity contribution is 7.00. The molecular formula is C124H143BN4. The van der Waals surface area contributed by atoms with E-state index in [1.807, 2.05) is 0 Å². The standard InChI is InChI=1S/C124H143BN4/c1-114(2,3)74-76-58-93(78-38-34-42-82(62-78)116(7,8)9)112(94(59-76)79-39-35-43-83(63-79)117(10,11)12)128-107-72-91(126-103-54-46-86(120(19,20)21)66-97(103)98-67-87(121(22,23)24)47-55-104(98)126)50-52-101(107)125-102-53-51-92(127-105-56-48-88(122(25,26)27)68-99(105)100-69-89(123(28,29)30)49-57-106(100)127)73-108(102)129(110-71-90(124(31,32)33)70-109(128)111(110)125)113-95(80-40-36-44-84(64-80)118(13,14)15)60-77(75-115(4,5)6)61-96(113)81-41-37-45-85(65-81)119(16,17)18/h34-73H,74-75H2,1-33H3. The molecular weight excluding hydrogens is 1560 g/mol. The normalized spacial score (nSPS) is 13.9. The van der Waals surface area contributed by atoms with Crippen molar-refractivity contribution in [3.05, 3.63) is 304 Å². The van der Waals surface area contributed by atoms with Gasteiger partial charge in [0.1, 0.15) is 0 Å². The summed E-state index contributed by atoms with van der Waals surface area (Å²) in [6, 6.07) is 99.1. The van der Waals surface area contributed by atoms with E-state index < -0.39 is 5.41 Å². The van der Waals surface area contributed by atoms with E-state index in [2.05, 4.69) is 490 Å². The molecule has 4 nitrogen and oxygen atoms in total. The maximum Gasteiger partial charge on any atom is 0.252 e. The summed E-state index contributed by atoms with van der Waals surface area (Å²) in [4.78, 5) is 5.68. The van der Waals surface area contributed by atoms with Gasteiger partial charge < -0.3 is 18.9 Å². The van der Waals surface area contributed by atoms with Gasteiger partial charge >= 0.3 is 0 Å². The summed E-state index contributed by atoms with van der Waals surface area (Å²) in [6.07, 6.45) is 1.75. The highest BCUT2D eigenvalue weighted by atomic mass is 15.2. The van der Waals surface area contributed by atoms with Gasteiger partial charge in [-0.2, -0.15) is 0 Å². The van der Waals surface area contributed by atoms with Crippen molar-refractivity contribution in [1.29, 1.82) is 0 Å². The first-order valence-electron chi connectivity index (χ1n) is 47.9. The van der Waals surface area contributed by atoms with Crippen molar-refractivity contribution >= 4 is 101 Å². The first-order valence-corrected chi connectivity index (χ1v) is 47.9. The molecule has 0 saturated carbocycles. The van der Waals surface area contributed by atoms with Gasteiger partial charge in [0.25, 0.3) is 6.71 Å². The van der Waals surface area contributed by atoms with Gasteiger partial charge in [0, 0.05) is 77.9 Å². The van der Waals surface area contributed by atoms with Crippen LogP contribution in [0.4, 0.5) is 34.1 Å². The monoisotopic (exact) mass is 1700 g/mol. The third kappa shape index (κ3) is 16.9. The fourth-order valence-corrected chi connectivity index (χ4v) is 20.4. The van der Waals surface area contributed by atoms with E-state index in [0.29, 0.717) is 0 Å². The molecule has 17 rings (SSSR count). The summed E-state index contributed by atoms with van der Waals surface area (Å²) in [5.74, 6) is 0. The third-order valence-corrected chi connectivity index (χ3v) is 27.8. The second-order valence-corrected chi connectivity index (χ2v) is 50.2. The molecule has 0 amide bonds. The lowest BCUT2D eigenvalue weighted by molar-refractivity contribution is 0.411. The van der Waals surface area contributed by atoms with Crippen LogP contribution < -0.4 is 26.2 Å². The molecule has 129 heavy (non-hydrogen) atoms. The lowest BCUT2D eigenvalue weighted by Gasteiger charge is -2.46. The van der Waals surface area contributed by atoms with Crippen molar-refractivity contribution in [2.45, 2.75) is 290 Å². The predicted octanol–water partition coefficient (Wildman–Crippen LogP) is 33.5. The van der Waals surface area contributed by atoms with Crippen LogP contribution in [-0.2, 0) is 61.6 Å². The molecule has 2 aliphatic rings. The fraction of sp³-hybridized carbons (Fsp3) is 0.371. The Bertz CT molecular complexity index is 6290. The Kier molecular flexibility index (Phi) is 21.6. The van der Waals surface area contributed by atoms with Crippen molar-refractivity contribution < 1.29 is 0 Å². The van der Waals surface area contributed by atoms with Gasteiger partial charge in [0.05, 0.1) is 33.4 Å². The maximum absolute atomic E-state index is 2.84. The minimum absolute atomic E-state index is 0.0469. The van der Waals surface area contributed by atoms with Crippen LogP contribution in [0.15, 0.2) is 243 Å². The Morgan fingerprint density at radius 3 is 0.690 bits per heavy atom. The Labute approximate surface area is 775 Å². The molecule has 0 unspecified atom stereocenters. The van der Waals surface area contributed by atoms with Crippen molar-refractivity contribution in [3.63, 3.8) is 0 Å². The Morgan fingerprint density at radius 1 is 0.217 bits per heavy atom. The molecule has 13 aromatic carbocycles. The lowest BCUT2D eigenvalue weighted by Crippen LogP contribution is -2.61. The van der Waals surface area contributed by atoms with E-state index in [1.165, 1.54) is 177 Å². The summed E-state index contributed by atoms with van der Waals surface area (Å²) in [5.41, 5.74) is 40.3. The Hall–Kier alpha value is -10.9. The molecule has 0 spiro atoms. The summed E-state index contributed by atoms with van der Waals surface area (Å²) in [7, 11) is 0. The molecule has 4 heterocycles. The van der Waals surface area contributed by atoms with Crippen molar-refractivity contribution in [2.24, 2.45) is 10.8 Å². The smallest absolute Gasteiger partial charge is 0.252 e. The fourth-order valence-electron chi connectivity index (χ4n) is 20.4. The molecule has 0 saturated heterocycles. The lowest BCUT2D eigenvalue weighted by atomic mass is 9.33.